The number of benzene rings is 1. The molecule has 102 valence electrons. The summed E-state index contributed by atoms with van der Waals surface area (Å²) in [7, 11) is -4.03. The van der Waals surface area contributed by atoms with Crippen molar-refractivity contribution < 1.29 is 17.7 Å². The molecule has 4 nitrogen and oxygen atoms in total. The van der Waals surface area contributed by atoms with Gasteiger partial charge in [0.25, 0.3) is 10.1 Å². The van der Waals surface area contributed by atoms with Crippen LogP contribution in [0.5, 0.6) is 0 Å². The quantitative estimate of drug-likeness (QED) is 0.841. The van der Waals surface area contributed by atoms with Gasteiger partial charge in [-0.25, -0.2) is 0 Å². The highest BCUT2D eigenvalue weighted by atomic mass is 32.2. The fourth-order valence-corrected chi connectivity index (χ4v) is 2.24. The summed E-state index contributed by atoms with van der Waals surface area (Å²) in [6, 6.07) is 6.10. The van der Waals surface area contributed by atoms with Crippen molar-refractivity contribution in [2.45, 2.75) is 38.2 Å². The van der Waals surface area contributed by atoms with E-state index >= 15 is 0 Å². The van der Waals surface area contributed by atoms with Gasteiger partial charge < -0.3 is 4.74 Å². The van der Waals surface area contributed by atoms with Crippen LogP contribution < -0.4 is 0 Å². The summed E-state index contributed by atoms with van der Waals surface area (Å²) in [6.45, 7) is 7.10. The molecule has 1 heterocycles. The van der Waals surface area contributed by atoms with Gasteiger partial charge in [-0.1, -0.05) is 19.1 Å². The Labute approximate surface area is 109 Å². The lowest BCUT2D eigenvalue weighted by molar-refractivity contribution is -0.103. The van der Waals surface area contributed by atoms with Crippen molar-refractivity contribution in [1.82, 2.24) is 0 Å². The lowest BCUT2D eigenvalue weighted by atomic mass is 9.97. The van der Waals surface area contributed by atoms with Crippen molar-refractivity contribution in [2.75, 3.05) is 6.61 Å². The maximum absolute atomic E-state index is 10.5. The zero-order chi connectivity index (χ0) is 13.8. The van der Waals surface area contributed by atoms with E-state index in [0.717, 1.165) is 18.1 Å². The lowest BCUT2D eigenvalue weighted by Gasteiger charge is -2.33. The summed E-state index contributed by atoms with van der Waals surface area (Å²) in [6.07, 6.45) is 1.83. The minimum atomic E-state index is -4.03. The molecule has 18 heavy (non-hydrogen) atoms. The van der Waals surface area contributed by atoms with Gasteiger partial charge in [0.05, 0.1) is 17.6 Å². The Hall–Kier alpha value is -0.910. The number of aryl methyl sites for hydroxylation is 1. The normalized spacial score (nSPS) is 22.7. The molecule has 2 atom stereocenters. The molecule has 0 radical (unpaired) electrons. The second-order valence-corrected chi connectivity index (χ2v) is 5.92. The molecule has 5 heteroatoms. The molecule has 2 unspecified atom stereocenters. The first-order chi connectivity index (χ1) is 8.34. The zero-order valence-corrected chi connectivity index (χ0v) is 11.8. The minimum Gasteiger partial charge on any atom is -0.378 e. The molecule has 0 aromatic heterocycles. The smallest absolute Gasteiger partial charge is 0.294 e. The van der Waals surface area contributed by atoms with Crippen LogP contribution in [-0.4, -0.2) is 25.7 Å². The summed E-state index contributed by atoms with van der Waals surface area (Å²) in [5.41, 5.74) is 0.806. The van der Waals surface area contributed by atoms with Crippen LogP contribution in [0.25, 0.3) is 0 Å². The van der Waals surface area contributed by atoms with Gasteiger partial charge in [0.2, 0.25) is 0 Å². The number of ether oxygens (including phenoxy) is 1. The fraction of sp³-hybridized carbons (Fsp3) is 0.538. The van der Waals surface area contributed by atoms with Crippen LogP contribution in [-0.2, 0) is 14.9 Å². The first kappa shape index (κ1) is 15.1. The number of hydrogen-bond donors (Lipinski definition) is 1. The molecule has 1 aromatic carbocycles. The highest BCUT2D eigenvalue weighted by molar-refractivity contribution is 7.85. The Morgan fingerprint density at radius 2 is 2.11 bits per heavy atom. The van der Waals surface area contributed by atoms with Crippen LogP contribution in [0.4, 0.5) is 0 Å². The van der Waals surface area contributed by atoms with E-state index in [0.29, 0.717) is 6.10 Å². The largest absolute Gasteiger partial charge is 0.378 e. The lowest BCUT2D eigenvalue weighted by Crippen LogP contribution is -2.36. The molecule has 2 rings (SSSR count). The van der Waals surface area contributed by atoms with Crippen molar-refractivity contribution in [3.8, 4) is 0 Å². The van der Waals surface area contributed by atoms with E-state index in [4.69, 9.17) is 9.29 Å². The maximum atomic E-state index is 10.5. The molecule has 1 N–H and O–H groups in total. The second-order valence-electron chi connectivity index (χ2n) is 4.50. The Morgan fingerprint density at radius 1 is 1.44 bits per heavy atom. The van der Waals surface area contributed by atoms with Gasteiger partial charge in [-0.2, -0.15) is 8.42 Å². The Kier molecular flexibility index (Phi) is 5.31. The number of hydrogen-bond acceptors (Lipinski definition) is 3. The molecule has 1 saturated heterocycles. The van der Waals surface area contributed by atoms with E-state index in [9.17, 15) is 8.42 Å². The van der Waals surface area contributed by atoms with Crippen molar-refractivity contribution in [1.29, 1.82) is 0 Å². The highest BCUT2D eigenvalue weighted by Crippen LogP contribution is 2.21. The van der Waals surface area contributed by atoms with E-state index < -0.39 is 10.1 Å². The third-order valence-electron chi connectivity index (χ3n) is 3.05. The van der Waals surface area contributed by atoms with Crippen molar-refractivity contribution in [2.24, 2.45) is 5.92 Å². The fourth-order valence-electron chi connectivity index (χ4n) is 1.65. The van der Waals surface area contributed by atoms with Crippen molar-refractivity contribution in [3.05, 3.63) is 29.8 Å². The van der Waals surface area contributed by atoms with Gasteiger partial charge in [-0.05, 0) is 38.0 Å². The van der Waals surface area contributed by atoms with E-state index in [1.54, 1.807) is 19.1 Å². The van der Waals surface area contributed by atoms with Crippen LogP contribution in [0.15, 0.2) is 29.2 Å². The average molecular weight is 272 g/mol. The Bertz CT molecular complexity index is 480. The van der Waals surface area contributed by atoms with E-state index in [1.807, 2.05) is 0 Å². The van der Waals surface area contributed by atoms with Gasteiger partial charge in [-0.15, -0.1) is 0 Å². The molecular formula is C13H20O4S. The minimum absolute atomic E-state index is 0.0579. The molecule has 1 fully saturated rings. The molecule has 0 aliphatic carbocycles. The van der Waals surface area contributed by atoms with Crippen molar-refractivity contribution >= 4 is 10.1 Å². The zero-order valence-electron chi connectivity index (χ0n) is 11.0. The molecule has 1 aliphatic heterocycles. The van der Waals surface area contributed by atoms with Gasteiger partial charge in [-0.3, -0.25) is 4.55 Å². The number of rotatable bonds is 2. The molecule has 0 spiro atoms. The monoisotopic (exact) mass is 272 g/mol. The first-order valence-electron chi connectivity index (χ1n) is 6.00. The summed E-state index contributed by atoms with van der Waals surface area (Å²) in [5, 5.41) is 0. The first-order valence-corrected chi connectivity index (χ1v) is 7.44. The van der Waals surface area contributed by atoms with Crippen LogP contribution in [0.3, 0.4) is 0 Å². The Morgan fingerprint density at radius 3 is 2.33 bits per heavy atom. The van der Waals surface area contributed by atoms with Gasteiger partial charge >= 0.3 is 0 Å². The van der Waals surface area contributed by atoms with Gasteiger partial charge in [0.15, 0.2) is 0 Å². The summed E-state index contributed by atoms with van der Waals surface area (Å²) >= 11 is 0. The summed E-state index contributed by atoms with van der Waals surface area (Å²) in [4.78, 5) is -0.0579. The molecule has 1 aromatic rings. The van der Waals surface area contributed by atoms with Crippen LogP contribution >= 0.6 is 0 Å². The molecule has 0 saturated carbocycles. The summed E-state index contributed by atoms with van der Waals surface area (Å²) in [5.74, 6) is 0.861. The molecule has 0 bridgehead atoms. The highest BCUT2D eigenvalue weighted by Gasteiger charge is 2.25. The topological polar surface area (TPSA) is 63.6 Å². The standard InChI is InChI=1S/C7H8O3S.C6H12O/c1-6-3-2-4-7(5-6)11(8,9)10;1-3-6-4-7-5(6)2/h2-5H,1H3,(H,8,9,10);5-6H,3-4H2,1-2H3. The van der Waals surface area contributed by atoms with Crippen LogP contribution in [0.1, 0.15) is 25.8 Å². The predicted molar refractivity (Wildman–Crippen MR) is 70.2 cm³/mol. The molecule has 0 amide bonds. The third kappa shape index (κ3) is 4.40. The molecule has 1 aliphatic rings. The van der Waals surface area contributed by atoms with E-state index in [1.165, 1.54) is 18.6 Å². The van der Waals surface area contributed by atoms with Gasteiger partial charge in [0, 0.05) is 5.92 Å². The average Bonchev–Trinajstić information content (AvgIpc) is 2.27. The van der Waals surface area contributed by atoms with Crippen LogP contribution in [0, 0.1) is 12.8 Å². The van der Waals surface area contributed by atoms with Crippen molar-refractivity contribution in [3.63, 3.8) is 0 Å². The molecular weight excluding hydrogens is 252 g/mol. The third-order valence-corrected chi connectivity index (χ3v) is 3.90. The SMILES string of the molecule is CCC1COC1C.Cc1cccc(S(=O)(=O)O)c1. The maximum Gasteiger partial charge on any atom is 0.294 e. The summed E-state index contributed by atoms with van der Waals surface area (Å²) < 4.78 is 34.8. The van der Waals surface area contributed by atoms with E-state index in [-0.39, 0.29) is 4.90 Å². The van der Waals surface area contributed by atoms with Gasteiger partial charge in [0.1, 0.15) is 0 Å². The predicted octanol–water partition coefficient (Wildman–Crippen LogP) is 2.67. The van der Waals surface area contributed by atoms with E-state index in [2.05, 4.69) is 13.8 Å². The Balaban J connectivity index is 0.000000199. The second kappa shape index (κ2) is 6.31. The van der Waals surface area contributed by atoms with Crippen LogP contribution in [0.2, 0.25) is 0 Å².